The highest BCUT2D eigenvalue weighted by Crippen LogP contribution is 1.90. The van der Waals surface area contributed by atoms with Crippen LogP contribution in [0.3, 0.4) is 0 Å². The molecule has 0 aliphatic carbocycles. The molecule has 0 aromatic heterocycles. The summed E-state index contributed by atoms with van der Waals surface area (Å²) in [6.45, 7) is 1.59. The average molecular weight is 211 g/mol. The van der Waals surface area contributed by atoms with E-state index in [0.29, 0.717) is 0 Å². The molecule has 0 aliphatic heterocycles. The van der Waals surface area contributed by atoms with Gasteiger partial charge in [-0.3, -0.25) is 0 Å². The zero-order chi connectivity index (χ0) is 10.5. The second-order valence-corrected chi connectivity index (χ2v) is 5.42. The Kier molecular flexibility index (Phi) is 5.46. The molecule has 0 heterocycles. The zero-order valence-electron chi connectivity index (χ0n) is 7.90. The summed E-state index contributed by atoms with van der Waals surface area (Å²) in [5.41, 5.74) is 0. The Bertz CT molecular complexity index is 227. The lowest BCUT2D eigenvalue weighted by Crippen LogP contribution is -2.38. The summed E-state index contributed by atoms with van der Waals surface area (Å²) in [5, 5.41) is 20.2. The van der Waals surface area contributed by atoms with Gasteiger partial charge in [-0.25, -0.2) is 8.42 Å². The second-order valence-electron chi connectivity index (χ2n) is 3.24. The summed E-state index contributed by atoms with van der Waals surface area (Å²) in [6.07, 6.45) is 0.329. The van der Waals surface area contributed by atoms with Crippen LogP contribution in [-0.2, 0) is 9.84 Å². The summed E-state index contributed by atoms with van der Waals surface area (Å²) in [4.78, 5) is 0. The standard InChI is InChI=1S/C7H17NO4S/c1-6(5-13(2,11)12)8-3-7(10)4-9/h6-10H,3-5H2,1-2H3. The molecule has 0 aromatic carbocycles. The van der Waals surface area contributed by atoms with E-state index in [2.05, 4.69) is 5.32 Å². The molecule has 0 amide bonds. The van der Waals surface area contributed by atoms with Crippen molar-refractivity contribution in [2.75, 3.05) is 25.2 Å². The lowest BCUT2D eigenvalue weighted by Gasteiger charge is -2.14. The third-order valence-electron chi connectivity index (χ3n) is 1.47. The number of aliphatic hydroxyl groups is 2. The van der Waals surface area contributed by atoms with Crippen molar-refractivity contribution in [3.05, 3.63) is 0 Å². The lowest BCUT2D eigenvalue weighted by molar-refractivity contribution is 0.0929. The highest BCUT2D eigenvalue weighted by molar-refractivity contribution is 7.90. The monoisotopic (exact) mass is 211 g/mol. The molecule has 0 bridgehead atoms. The van der Waals surface area contributed by atoms with E-state index in [1.165, 1.54) is 0 Å². The third-order valence-corrected chi connectivity index (χ3v) is 2.57. The number of aliphatic hydroxyl groups excluding tert-OH is 2. The first-order valence-electron chi connectivity index (χ1n) is 4.05. The van der Waals surface area contributed by atoms with E-state index < -0.39 is 15.9 Å². The van der Waals surface area contributed by atoms with Crippen molar-refractivity contribution in [1.82, 2.24) is 5.32 Å². The van der Waals surface area contributed by atoms with E-state index in [1.54, 1.807) is 6.92 Å². The van der Waals surface area contributed by atoms with Crippen LogP contribution in [0.15, 0.2) is 0 Å². The van der Waals surface area contributed by atoms with Crippen molar-refractivity contribution in [2.45, 2.75) is 19.1 Å². The first kappa shape index (κ1) is 12.8. The summed E-state index contributed by atoms with van der Waals surface area (Å²) >= 11 is 0. The van der Waals surface area contributed by atoms with E-state index in [9.17, 15) is 8.42 Å². The highest BCUT2D eigenvalue weighted by Gasteiger charge is 2.11. The van der Waals surface area contributed by atoms with Crippen molar-refractivity contribution < 1.29 is 18.6 Å². The van der Waals surface area contributed by atoms with Gasteiger partial charge in [0.25, 0.3) is 0 Å². The van der Waals surface area contributed by atoms with Crippen LogP contribution in [0.25, 0.3) is 0 Å². The van der Waals surface area contributed by atoms with Crippen LogP contribution < -0.4 is 5.32 Å². The molecule has 3 N–H and O–H groups in total. The topological polar surface area (TPSA) is 86.6 Å². The number of hydrogen-bond donors (Lipinski definition) is 3. The molecule has 13 heavy (non-hydrogen) atoms. The molecule has 0 radical (unpaired) electrons. The molecule has 5 nitrogen and oxygen atoms in total. The Morgan fingerprint density at radius 3 is 2.38 bits per heavy atom. The molecule has 0 rings (SSSR count). The van der Waals surface area contributed by atoms with Gasteiger partial charge >= 0.3 is 0 Å². The van der Waals surface area contributed by atoms with Crippen LogP contribution in [0.2, 0.25) is 0 Å². The van der Waals surface area contributed by atoms with Gasteiger partial charge in [0.1, 0.15) is 9.84 Å². The van der Waals surface area contributed by atoms with Gasteiger partial charge < -0.3 is 15.5 Å². The van der Waals surface area contributed by atoms with Crippen molar-refractivity contribution in [1.29, 1.82) is 0 Å². The van der Waals surface area contributed by atoms with Crippen LogP contribution in [0.5, 0.6) is 0 Å². The Labute approximate surface area is 78.7 Å². The predicted molar refractivity (Wildman–Crippen MR) is 50.3 cm³/mol. The quantitative estimate of drug-likeness (QED) is 0.490. The molecule has 2 unspecified atom stereocenters. The van der Waals surface area contributed by atoms with Gasteiger partial charge in [0.15, 0.2) is 0 Å². The molecular weight excluding hydrogens is 194 g/mol. The molecule has 0 aliphatic rings. The maximum absolute atomic E-state index is 10.8. The van der Waals surface area contributed by atoms with Crippen molar-refractivity contribution >= 4 is 9.84 Å². The van der Waals surface area contributed by atoms with Crippen molar-refractivity contribution in [3.63, 3.8) is 0 Å². The van der Waals surface area contributed by atoms with E-state index in [1.807, 2.05) is 0 Å². The minimum atomic E-state index is -2.98. The van der Waals surface area contributed by atoms with Crippen LogP contribution in [-0.4, -0.2) is 55.9 Å². The fourth-order valence-corrected chi connectivity index (χ4v) is 1.94. The minimum absolute atomic E-state index is 0.0329. The Morgan fingerprint density at radius 1 is 1.46 bits per heavy atom. The predicted octanol–water partition coefficient (Wildman–Crippen LogP) is -1.64. The molecule has 0 spiro atoms. The number of sulfone groups is 1. The summed E-state index contributed by atoms with van der Waals surface area (Å²) in [5.74, 6) is 0.0329. The molecule has 0 saturated heterocycles. The third kappa shape index (κ3) is 8.17. The molecule has 2 atom stereocenters. The minimum Gasteiger partial charge on any atom is -0.394 e. The van der Waals surface area contributed by atoms with Crippen LogP contribution in [0, 0.1) is 0 Å². The van der Waals surface area contributed by atoms with Gasteiger partial charge in [0.2, 0.25) is 0 Å². The molecule has 80 valence electrons. The zero-order valence-corrected chi connectivity index (χ0v) is 8.71. The Balaban J connectivity index is 3.70. The van der Waals surface area contributed by atoms with Gasteiger partial charge in [-0.1, -0.05) is 0 Å². The van der Waals surface area contributed by atoms with Gasteiger partial charge in [-0.05, 0) is 6.92 Å². The van der Waals surface area contributed by atoms with Gasteiger partial charge in [-0.15, -0.1) is 0 Å². The van der Waals surface area contributed by atoms with Crippen molar-refractivity contribution in [3.8, 4) is 0 Å². The van der Waals surface area contributed by atoms with Gasteiger partial charge in [0, 0.05) is 18.8 Å². The largest absolute Gasteiger partial charge is 0.394 e. The van der Waals surface area contributed by atoms with Crippen LogP contribution in [0.1, 0.15) is 6.92 Å². The SMILES string of the molecule is CC(CS(C)(=O)=O)NCC(O)CO. The van der Waals surface area contributed by atoms with Gasteiger partial charge in [-0.2, -0.15) is 0 Å². The highest BCUT2D eigenvalue weighted by atomic mass is 32.2. The molecular formula is C7H17NO4S. The maximum Gasteiger partial charge on any atom is 0.148 e. The fourth-order valence-electron chi connectivity index (χ4n) is 0.915. The summed E-state index contributed by atoms with van der Waals surface area (Å²) in [7, 11) is -2.98. The number of nitrogens with one attached hydrogen (secondary N) is 1. The van der Waals surface area contributed by atoms with E-state index in [4.69, 9.17) is 10.2 Å². The Hall–Kier alpha value is -0.170. The van der Waals surface area contributed by atoms with E-state index in [0.717, 1.165) is 6.26 Å². The maximum atomic E-state index is 10.8. The van der Waals surface area contributed by atoms with E-state index in [-0.39, 0.29) is 24.9 Å². The summed E-state index contributed by atoms with van der Waals surface area (Å²) < 4.78 is 21.6. The smallest absolute Gasteiger partial charge is 0.148 e. The summed E-state index contributed by atoms with van der Waals surface area (Å²) in [6, 6.07) is -0.212. The second kappa shape index (κ2) is 5.54. The van der Waals surface area contributed by atoms with Gasteiger partial charge in [0.05, 0.1) is 18.5 Å². The molecule has 0 fully saturated rings. The first-order valence-corrected chi connectivity index (χ1v) is 6.11. The average Bonchev–Trinajstić information content (AvgIpc) is 1.97. The van der Waals surface area contributed by atoms with Crippen molar-refractivity contribution in [2.24, 2.45) is 0 Å². The van der Waals surface area contributed by atoms with E-state index >= 15 is 0 Å². The first-order chi connectivity index (χ1) is 5.85. The fraction of sp³-hybridized carbons (Fsp3) is 1.00. The van der Waals surface area contributed by atoms with Crippen LogP contribution in [0.4, 0.5) is 0 Å². The number of rotatable bonds is 6. The molecule has 0 saturated carbocycles. The molecule has 0 aromatic rings. The normalized spacial score (nSPS) is 16.9. The van der Waals surface area contributed by atoms with Crippen LogP contribution >= 0.6 is 0 Å². The Morgan fingerprint density at radius 2 is 2.00 bits per heavy atom. The lowest BCUT2D eigenvalue weighted by atomic mass is 10.3. The molecule has 6 heteroatoms. The number of hydrogen-bond acceptors (Lipinski definition) is 5.